The van der Waals surface area contributed by atoms with E-state index in [1.807, 2.05) is 13.8 Å². The lowest BCUT2D eigenvalue weighted by atomic mass is 10.1. The first-order valence-corrected chi connectivity index (χ1v) is 4.10. The van der Waals surface area contributed by atoms with Crippen LogP contribution < -0.4 is 11.1 Å². The molecule has 0 atom stereocenters. The van der Waals surface area contributed by atoms with Gasteiger partial charge in [-0.2, -0.15) is 0 Å². The number of aromatic nitrogens is 1. The fraction of sp³-hybridized carbons (Fsp3) is 0.500. The van der Waals surface area contributed by atoms with Gasteiger partial charge in [0, 0.05) is 6.07 Å². The molecule has 5 nitrogen and oxygen atoms in total. The molecule has 1 heterocycles. The number of hydrogen-bond donors (Lipinski definition) is 2. The first-order valence-electron chi connectivity index (χ1n) is 4.10. The number of carbonyl (C=O) groups is 1. The highest BCUT2D eigenvalue weighted by molar-refractivity contribution is 5.90. The summed E-state index contributed by atoms with van der Waals surface area (Å²) in [5, 5.41) is 6.25. The van der Waals surface area contributed by atoms with Crippen molar-refractivity contribution < 1.29 is 9.32 Å². The van der Waals surface area contributed by atoms with Crippen LogP contribution >= 0.6 is 0 Å². The van der Waals surface area contributed by atoms with Gasteiger partial charge in [0.2, 0.25) is 11.8 Å². The van der Waals surface area contributed by atoms with Crippen molar-refractivity contribution >= 4 is 11.8 Å². The van der Waals surface area contributed by atoms with Gasteiger partial charge in [0.25, 0.3) is 0 Å². The Morgan fingerprint density at radius 2 is 2.46 bits per heavy atom. The molecule has 1 aromatic rings. The number of hydrogen-bond acceptors (Lipinski definition) is 4. The Morgan fingerprint density at radius 3 is 2.92 bits per heavy atom. The van der Waals surface area contributed by atoms with Gasteiger partial charge in [-0.1, -0.05) is 19.0 Å². The van der Waals surface area contributed by atoms with Crippen LogP contribution in [0.2, 0.25) is 0 Å². The second-order valence-corrected chi connectivity index (χ2v) is 3.02. The Labute approximate surface area is 76.3 Å². The molecule has 0 bridgehead atoms. The molecule has 1 rings (SSSR count). The predicted molar refractivity (Wildman–Crippen MR) is 48.3 cm³/mol. The molecule has 0 unspecified atom stereocenters. The van der Waals surface area contributed by atoms with Crippen molar-refractivity contribution in [1.82, 2.24) is 5.16 Å². The van der Waals surface area contributed by atoms with E-state index in [9.17, 15) is 4.79 Å². The van der Waals surface area contributed by atoms with Crippen molar-refractivity contribution in [3.8, 4) is 0 Å². The van der Waals surface area contributed by atoms with Crippen LogP contribution in [0.1, 0.15) is 25.5 Å². The van der Waals surface area contributed by atoms with Gasteiger partial charge in [0.1, 0.15) is 0 Å². The molecule has 1 aromatic heterocycles. The van der Waals surface area contributed by atoms with E-state index in [0.29, 0.717) is 5.88 Å². The Bertz CT molecular complexity index is 293. The third-order valence-corrected chi connectivity index (χ3v) is 1.57. The first-order chi connectivity index (χ1) is 6.13. The molecule has 0 aliphatic heterocycles. The minimum Gasteiger partial charge on any atom is -0.338 e. The van der Waals surface area contributed by atoms with Gasteiger partial charge in [0.15, 0.2) is 0 Å². The smallest absolute Gasteiger partial charge is 0.240 e. The average Bonchev–Trinajstić information content (AvgIpc) is 2.52. The van der Waals surface area contributed by atoms with Gasteiger partial charge in [-0.25, -0.2) is 0 Å². The van der Waals surface area contributed by atoms with E-state index in [-0.39, 0.29) is 18.4 Å². The highest BCUT2D eigenvalue weighted by Gasteiger charge is 2.08. The molecular formula is C8H13N3O2. The van der Waals surface area contributed by atoms with Crippen molar-refractivity contribution in [1.29, 1.82) is 0 Å². The van der Waals surface area contributed by atoms with Crippen LogP contribution in [0.15, 0.2) is 10.6 Å². The third kappa shape index (κ3) is 2.55. The van der Waals surface area contributed by atoms with Crippen molar-refractivity contribution in [2.75, 3.05) is 11.9 Å². The summed E-state index contributed by atoms with van der Waals surface area (Å²) in [7, 11) is 0. The lowest BCUT2D eigenvalue weighted by Gasteiger charge is -1.95. The van der Waals surface area contributed by atoms with Gasteiger partial charge in [0.05, 0.1) is 12.2 Å². The van der Waals surface area contributed by atoms with Crippen molar-refractivity contribution in [2.24, 2.45) is 5.73 Å². The predicted octanol–water partition coefficient (Wildman–Crippen LogP) is 0.695. The van der Waals surface area contributed by atoms with E-state index in [2.05, 4.69) is 10.5 Å². The topological polar surface area (TPSA) is 81.2 Å². The number of carbonyl (C=O) groups excluding carboxylic acids is 1. The van der Waals surface area contributed by atoms with Crippen LogP contribution in [0.4, 0.5) is 5.88 Å². The summed E-state index contributed by atoms with van der Waals surface area (Å²) >= 11 is 0. The lowest BCUT2D eigenvalue weighted by Crippen LogP contribution is -2.21. The molecule has 0 aromatic carbocycles. The van der Waals surface area contributed by atoms with Crippen LogP contribution in [0, 0.1) is 0 Å². The number of amides is 1. The van der Waals surface area contributed by atoms with Crippen LogP contribution in [0.3, 0.4) is 0 Å². The summed E-state index contributed by atoms with van der Waals surface area (Å²) in [5.74, 6) is 0.345. The summed E-state index contributed by atoms with van der Waals surface area (Å²) < 4.78 is 4.86. The monoisotopic (exact) mass is 183 g/mol. The van der Waals surface area contributed by atoms with Crippen molar-refractivity contribution in [2.45, 2.75) is 19.8 Å². The molecule has 13 heavy (non-hydrogen) atoms. The second kappa shape index (κ2) is 4.04. The zero-order valence-electron chi connectivity index (χ0n) is 7.70. The second-order valence-electron chi connectivity index (χ2n) is 3.02. The summed E-state index contributed by atoms with van der Waals surface area (Å²) in [6, 6.07) is 1.69. The van der Waals surface area contributed by atoms with E-state index in [4.69, 9.17) is 10.3 Å². The minimum absolute atomic E-state index is 0.0578. The number of nitrogens with zero attached hydrogens (tertiary/aromatic N) is 1. The molecule has 72 valence electrons. The van der Waals surface area contributed by atoms with Crippen molar-refractivity contribution in [3.05, 3.63) is 11.8 Å². The Hall–Kier alpha value is -1.36. The van der Waals surface area contributed by atoms with Gasteiger partial charge in [-0.05, 0) is 5.92 Å². The zero-order chi connectivity index (χ0) is 9.84. The zero-order valence-corrected chi connectivity index (χ0v) is 7.70. The third-order valence-electron chi connectivity index (χ3n) is 1.57. The molecule has 0 fully saturated rings. The van der Waals surface area contributed by atoms with E-state index in [1.54, 1.807) is 6.07 Å². The molecule has 0 saturated carbocycles. The molecule has 0 aliphatic carbocycles. The molecular weight excluding hydrogens is 170 g/mol. The molecule has 0 spiro atoms. The normalized spacial score (nSPS) is 10.5. The Morgan fingerprint density at radius 1 is 1.77 bits per heavy atom. The molecule has 0 saturated heterocycles. The average molecular weight is 183 g/mol. The maximum absolute atomic E-state index is 10.8. The fourth-order valence-electron chi connectivity index (χ4n) is 0.808. The van der Waals surface area contributed by atoms with Gasteiger partial charge < -0.3 is 10.3 Å². The number of nitrogens with one attached hydrogen (secondary N) is 1. The quantitative estimate of drug-likeness (QED) is 0.722. The molecule has 0 radical (unpaired) electrons. The number of anilines is 1. The van der Waals surface area contributed by atoms with Gasteiger partial charge >= 0.3 is 0 Å². The fourth-order valence-corrected chi connectivity index (χ4v) is 0.808. The maximum Gasteiger partial charge on any atom is 0.240 e. The number of rotatable bonds is 3. The van der Waals surface area contributed by atoms with Gasteiger partial charge in [-0.15, -0.1) is 0 Å². The largest absolute Gasteiger partial charge is 0.338 e. The maximum atomic E-state index is 10.8. The van der Waals surface area contributed by atoms with Crippen LogP contribution in [0.25, 0.3) is 0 Å². The Balaban J connectivity index is 2.64. The summed E-state index contributed by atoms with van der Waals surface area (Å²) in [6.07, 6.45) is 0. The molecule has 3 N–H and O–H groups in total. The molecule has 0 aliphatic rings. The van der Waals surface area contributed by atoms with Crippen molar-refractivity contribution in [3.63, 3.8) is 0 Å². The molecule has 1 amide bonds. The van der Waals surface area contributed by atoms with E-state index < -0.39 is 0 Å². The SMILES string of the molecule is CC(C)c1cc(NC(=O)CN)on1. The minimum atomic E-state index is -0.286. The van der Waals surface area contributed by atoms with Gasteiger partial charge in [-0.3, -0.25) is 10.1 Å². The number of nitrogens with two attached hydrogens (primary N) is 1. The van der Waals surface area contributed by atoms with E-state index in [1.165, 1.54) is 0 Å². The lowest BCUT2D eigenvalue weighted by molar-refractivity contribution is -0.115. The highest BCUT2D eigenvalue weighted by atomic mass is 16.5. The van der Waals surface area contributed by atoms with Crippen LogP contribution in [0.5, 0.6) is 0 Å². The highest BCUT2D eigenvalue weighted by Crippen LogP contribution is 2.16. The van der Waals surface area contributed by atoms with Crippen LogP contribution in [-0.2, 0) is 4.79 Å². The summed E-state index contributed by atoms with van der Waals surface area (Å²) in [6.45, 7) is 3.93. The first kappa shape index (κ1) is 9.73. The van der Waals surface area contributed by atoms with E-state index >= 15 is 0 Å². The molecule has 5 heteroatoms. The standard InChI is InChI=1S/C8H13N3O2/c1-5(2)6-3-8(13-11-6)10-7(12)4-9/h3,5H,4,9H2,1-2H3,(H,10,12). The van der Waals surface area contributed by atoms with E-state index in [0.717, 1.165) is 5.69 Å². The Kier molecular flexibility index (Phi) is 3.02. The summed E-state index contributed by atoms with van der Waals surface area (Å²) in [4.78, 5) is 10.8. The summed E-state index contributed by atoms with van der Waals surface area (Å²) in [5.41, 5.74) is 5.92. The van der Waals surface area contributed by atoms with Crippen LogP contribution in [-0.4, -0.2) is 17.6 Å².